The summed E-state index contributed by atoms with van der Waals surface area (Å²) < 4.78 is 9.50. The summed E-state index contributed by atoms with van der Waals surface area (Å²) in [6, 6.07) is 2.04. The van der Waals surface area contributed by atoms with Crippen LogP contribution in [0.1, 0.15) is 31.0 Å². The number of rotatable bonds is 2. The van der Waals surface area contributed by atoms with Crippen molar-refractivity contribution in [1.82, 2.24) is 4.37 Å². The van der Waals surface area contributed by atoms with Crippen LogP contribution < -0.4 is 5.32 Å². The van der Waals surface area contributed by atoms with Gasteiger partial charge in [0.2, 0.25) is 0 Å². The first kappa shape index (κ1) is 12.0. The molecule has 0 aliphatic carbocycles. The second-order valence-corrected chi connectivity index (χ2v) is 4.99. The molecule has 0 spiro atoms. The van der Waals surface area contributed by atoms with Crippen LogP contribution in [0.5, 0.6) is 0 Å². The maximum Gasteiger partial charge on any atom is 0.257 e. The molecule has 1 unspecified atom stereocenters. The Bertz CT molecular complexity index is 483. The van der Waals surface area contributed by atoms with Crippen LogP contribution in [0.25, 0.3) is 0 Å². The van der Waals surface area contributed by atoms with Gasteiger partial charge >= 0.3 is 0 Å². The molecular formula is C11H13N3O2S. The first-order chi connectivity index (χ1) is 8.07. The van der Waals surface area contributed by atoms with Gasteiger partial charge in [0.25, 0.3) is 5.91 Å². The van der Waals surface area contributed by atoms with Crippen LogP contribution >= 0.6 is 11.5 Å². The van der Waals surface area contributed by atoms with Gasteiger partial charge in [-0.25, -0.2) is 0 Å². The molecule has 1 fully saturated rings. The molecule has 0 saturated carbocycles. The summed E-state index contributed by atoms with van der Waals surface area (Å²) in [5.74, 6) is -0.199. The van der Waals surface area contributed by atoms with Gasteiger partial charge in [0.05, 0.1) is 5.69 Å². The number of carbonyl (C=O) groups is 1. The van der Waals surface area contributed by atoms with Crippen LogP contribution in [0.2, 0.25) is 0 Å². The first-order valence-corrected chi connectivity index (χ1v) is 6.16. The Morgan fingerprint density at radius 3 is 3.06 bits per heavy atom. The maximum atomic E-state index is 12.0. The minimum Gasteiger partial charge on any atom is -0.365 e. The van der Waals surface area contributed by atoms with Crippen LogP contribution in [-0.2, 0) is 9.53 Å². The smallest absolute Gasteiger partial charge is 0.257 e. The lowest BCUT2D eigenvalue weighted by Gasteiger charge is -2.21. The molecule has 1 amide bonds. The van der Waals surface area contributed by atoms with Crippen molar-refractivity contribution in [3.05, 3.63) is 11.3 Å². The minimum atomic E-state index is -0.773. The summed E-state index contributed by atoms with van der Waals surface area (Å²) in [7, 11) is 0. The molecule has 1 aromatic heterocycles. The van der Waals surface area contributed by atoms with E-state index >= 15 is 0 Å². The van der Waals surface area contributed by atoms with Crippen molar-refractivity contribution in [2.45, 2.75) is 32.3 Å². The monoisotopic (exact) mass is 251 g/mol. The minimum absolute atomic E-state index is 0.199. The van der Waals surface area contributed by atoms with Crippen molar-refractivity contribution >= 4 is 22.4 Å². The van der Waals surface area contributed by atoms with E-state index in [0.29, 0.717) is 29.3 Å². The van der Waals surface area contributed by atoms with Gasteiger partial charge in [0.1, 0.15) is 22.2 Å². The molecule has 1 atom stereocenters. The van der Waals surface area contributed by atoms with E-state index in [1.54, 1.807) is 13.8 Å². The largest absolute Gasteiger partial charge is 0.365 e. The number of amides is 1. The summed E-state index contributed by atoms with van der Waals surface area (Å²) in [5, 5.41) is 12.2. The van der Waals surface area contributed by atoms with E-state index in [2.05, 4.69) is 9.69 Å². The lowest BCUT2D eigenvalue weighted by atomic mass is 10.0. The van der Waals surface area contributed by atoms with Crippen molar-refractivity contribution in [2.24, 2.45) is 0 Å². The zero-order chi connectivity index (χ0) is 12.5. The van der Waals surface area contributed by atoms with Crippen molar-refractivity contribution in [3.63, 3.8) is 0 Å². The van der Waals surface area contributed by atoms with Crippen molar-refractivity contribution in [3.8, 4) is 6.07 Å². The van der Waals surface area contributed by atoms with E-state index in [4.69, 9.17) is 10.00 Å². The fourth-order valence-corrected chi connectivity index (χ4v) is 2.52. The fraction of sp³-hybridized carbons (Fsp3) is 0.545. The maximum absolute atomic E-state index is 12.0. The molecule has 0 aromatic carbocycles. The Morgan fingerprint density at radius 2 is 2.47 bits per heavy atom. The van der Waals surface area contributed by atoms with Crippen molar-refractivity contribution in [1.29, 1.82) is 5.26 Å². The van der Waals surface area contributed by atoms with E-state index in [9.17, 15) is 4.79 Å². The molecule has 1 saturated heterocycles. The summed E-state index contributed by atoms with van der Waals surface area (Å²) in [6.07, 6.45) is 1.59. The Balaban J connectivity index is 2.16. The highest BCUT2D eigenvalue weighted by atomic mass is 32.1. The number of carbonyl (C=O) groups excluding carboxylic acids is 1. The normalized spacial score (nSPS) is 23.4. The fourth-order valence-electron chi connectivity index (χ4n) is 1.78. The van der Waals surface area contributed by atoms with Gasteiger partial charge in [0, 0.05) is 6.61 Å². The number of hydrogen-bond acceptors (Lipinski definition) is 5. The second kappa shape index (κ2) is 4.43. The number of hydrogen-bond donors (Lipinski definition) is 1. The summed E-state index contributed by atoms with van der Waals surface area (Å²) >= 11 is 1.13. The lowest BCUT2D eigenvalue weighted by Crippen LogP contribution is -2.39. The molecule has 5 nitrogen and oxygen atoms in total. The van der Waals surface area contributed by atoms with Crippen LogP contribution in [0.3, 0.4) is 0 Å². The number of nitriles is 1. The van der Waals surface area contributed by atoms with Crippen LogP contribution in [0, 0.1) is 18.3 Å². The average Bonchev–Trinajstić information content (AvgIpc) is 2.87. The van der Waals surface area contributed by atoms with Gasteiger partial charge in [-0.05, 0) is 38.2 Å². The van der Waals surface area contributed by atoms with E-state index in [1.165, 1.54) is 0 Å². The van der Waals surface area contributed by atoms with Crippen LogP contribution in [0.15, 0.2) is 0 Å². The molecule has 0 bridgehead atoms. The third-order valence-electron chi connectivity index (χ3n) is 2.90. The summed E-state index contributed by atoms with van der Waals surface area (Å²) in [6.45, 7) is 4.13. The molecule has 17 heavy (non-hydrogen) atoms. The van der Waals surface area contributed by atoms with Gasteiger partial charge in [-0.1, -0.05) is 0 Å². The molecular weight excluding hydrogens is 238 g/mol. The molecule has 1 N–H and O–H groups in total. The highest BCUT2D eigenvalue weighted by molar-refractivity contribution is 7.10. The first-order valence-electron chi connectivity index (χ1n) is 5.38. The average molecular weight is 251 g/mol. The van der Waals surface area contributed by atoms with Gasteiger partial charge < -0.3 is 10.1 Å². The van der Waals surface area contributed by atoms with E-state index < -0.39 is 5.60 Å². The van der Waals surface area contributed by atoms with E-state index in [1.807, 2.05) is 6.07 Å². The third-order valence-corrected chi connectivity index (χ3v) is 3.75. The van der Waals surface area contributed by atoms with Gasteiger partial charge in [-0.15, -0.1) is 0 Å². The molecule has 2 heterocycles. The standard InChI is InChI=1S/C11H13N3O2S/c1-7-8(6-12)9(17-14-7)13-10(15)11(2)4-3-5-16-11/h3-5H2,1-2H3,(H,13,15). The SMILES string of the molecule is Cc1nsc(NC(=O)C2(C)CCCO2)c1C#N. The Hall–Kier alpha value is -1.45. The van der Waals surface area contributed by atoms with Gasteiger partial charge in [0.15, 0.2) is 0 Å². The van der Waals surface area contributed by atoms with Crippen molar-refractivity contribution in [2.75, 3.05) is 11.9 Å². The summed E-state index contributed by atoms with van der Waals surface area (Å²) in [5.41, 5.74) is 0.306. The molecule has 1 aliphatic heterocycles. The molecule has 90 valence electrons. The molecule has 0 radical (unpaired) electrons. The summed E-state index contributed by atoms with van der Waals surface area (Å²) in [4.78, 5) is 12.0. The highest BCUT2D eigenvalue weighted by Crippen LogP contribution is 2.29. The molecule has 1 aromatic rings. The van der Waals surface area contributed by atoms with Gasteiger partial charge in [-0.2, -0.15) is 9.64 Å². The number of aryl methyl sites for hydroxylation is 1. The predicted molar refractivity (Wildman–Crippen MR) is 63.8 cm³/mol. The molecule has 1 aliphatic rings. The number of anilines is 1. The quantitative estimate of drug-likeness (QED) is 0.870. The zero-order valence-electron chi connectivity index (χ0n) is 9.74. The lowest BCUT2D eigenvalue weighted by molar-refractivity contribution is -0.133. The molecule has 2 rings (SSSR count). The second-order valence-electron chi connectivity index (χ2n) is 4.22. The van der Waals surface area contributed by atoms with Crippen LogP contribution in [-0.4, -0.2) is 22.5 Å². The van der Waals surface area contributed by atoms with Crippen LogP contribution in [0.4, 0.5) is 5.00 Å². The number of nitrogens with one attached hydrogen (secondary N) is 1. The van der Waals surface area contributed by atoms with E-state index in [-0.39, 0.29) is 5.91 Å². The Kier molecular flexibility index (Phi) is 3.13. The van der Waals surface area contributed by atoms with Crippen molar-refractivity contribution < 1.29 is 9.53 Å². The van der Waals surface area contributed by atoms with Gasteiger partial charge in [-0.3, -0.25) is 4.79 Å². The van der Waals surface area contributed by atoms with E-state index in [0.717, 1.165) is 18.0 Å². The number of aromatic nitrogens is 1. The topological polar surface area (TPSA) is 75.0 Å². The zero-order valence-corrected chi connectivity index (χ0v) is 10.6. The molecule has 6 heteroatoms. The third kappa shape index (κ3) is 2.16. The number of nitrogens with zero attached hydrogens (tertiary/aromatic N) is 2. The number of ether oxygens (including phenoxy) is 1. The highest BCUT2D eigenvalue weighted by Gasteiger charge is 2.38. The Labute approximate surface area is 104 Å². The predicted octanol–water partition coefficient (Wildman–Crippen LogP) is 1.83. The Morgan fingerprint density at radius 1 is 1.71 bits per heavy atom.